The number of rotatable bonds is 4. The van der Waals surface area contributed by atoms with E-state index in [-0.39, 0.29) is 5.16 Å². The number of benzene rings is 1. The summed E-state index contributed by atoms with van der Waals surface area (Å²) in [4.78, 5) is 7.39. The van der Waals surface area contributed by atoms with Crippen molar-refractivity contribution in [2.45, 2.75) is 51.1 Å². The van der Waals surface area contributed by atoms with Crippen molar-refractivity contribution in [2.75, 3.05) is 7.11 Å². The molecule has 6 heteroatoms. The van der Waals surface area contributed by atoms with Gasteiger partial charge in [0.1, 0.15) is 5.75 Å². The third-order valence-corrected chi connectivity index (χ3v) is 5.93. The van der Waals surface area contributed by atoms with E-state index < -0.39 is 11.1 Å². The monoisotopic (exact) mass is 350 g/mol. The molecule has 1 aromatic carbocycles. The molecule has 5 nitrogen and oxygen atoms in total. The second kappa shape index (κ2) is 6.84. The van der Waals surface area contributed by atoms with Crippen molar-refractivity contribution in [3.8, 4) is 5.75 Å². The number of H-pyrrole nitrogens is 1. The van der Waals surface area contributed by atoms with Crippen LogP contribution in [0.5, 0.6) is 5.75 Å². The summed E-state index contributed by atoms with van der Waals surface area (Å²) in [5.41, 5.74) is 2.66. The van der Waals surface area contributed by atoms with Crippen molar-refractivity contribution in [1.82, 2.24) is 9.97 Å². The Morgan fingerprint density at radius 3 is 2.75 bits per heavy atom. The molecule has 1 heterocycles. The van der Waals surface area contributed by atoms with E-state index in [0.717, 1.165) is 28.8 Å². The molecule has 0 saturated heterocycles. The molecule has 3 rings (SSSR count). The second-order valence-electron chi connectivity index (χ2n) is 7.30. The quantitative estimate of drug-likeness (QED) is 0.805. The SMILES string of the molecule is COc1ccc2[nH]c(S(=O)O)nc2c1C1CC(C)CCC1C(C)C. The Kier molecular flexibility index (Phi) is 4.97. The first-order valence-corrected chi connectivity index (χ1v) is 9.70. The summed E-state index contributed by atoms with van der Waals surface area (Å²) in [6.07, 6.45) is 3.55. The van der Waals surface area contributed by atoms with Crippen LogP contribution in [0.3, 0.4) is 0 Å². The number of imidazole rings is 1. The smallest absolute Gasteiger partial charge is 0.225 e. The van der Waals surface area contributed by atoms with Gasteiger partial charge in [0.05, 0.1) is 18.1 Å². The molecule has 1 aliphatic rings. The zero-order valence-electron chi connectivity index (χ0n) is 14.7. The maximum atomic E-state index is 11.4. The summed E-state index contributed by atoms with van der Waals surface area (Å²) >= 11 is -2.12. The van der Waals surface area contributed by atoms with Crippen LogP contribution in [0.15, 0.2) is 17.3 Å². The normalized spacial score (nSPS) is 26.0. The van der Waals surface area contributed by atoms with Crippen LogP contribution in [0, 0.1) is 17.8 Å². The molecule has 24 heavy (non-hydrogen) atoms. The lowest BCUT2D eigenvalue weighted by Gasteiger charge is -2.38. The minimum atomic E-state index is -2.12. The van der Waals surface area contributed by atoms with Crippen molar-refractivity contribution >= 4 is 22.1 Å². The first-order chi connectivity index (χ1) is 11.4. The van der Waals surface area contributed by atoms with Gasteiger partial charge in [0, 0.05) is 5.56 Å². The predicted octanol–water partition coefficient (Wildman–Crippen LogP) is 4.33. The molecule has 0 amide bonds. The maximum Gasteiger partial charge on any atom is 0.225 e. The fourth-order valence-electron chi connectivity index (χ4n) is 4.21. The molecule has 1 fully saturated rings. The zero-order valence-corrected chi connectivity index (χ0v) is 15.5. The minimum absolute atomic E-state index is 0.101. The average Bonchev–Trinajstić information content (AvgIpc) is 2.97. The van der Waals surface area contributed by atoms with Crippen LogP contribution in [0.2, 0.25) is 0 Å². The van der Waals surface area contributed by atoms with Crippen LogP contribution in [-0.4, -0.2) is 25.8 Å². The number of ether oxygens (including phenoxy) is 1. The Hall–Kier alpha value is -1.40. The highest BCUT2D eigenvalue weighted by Crippen LogP contribution is 2.48. The van der Waals surface area contributed by atoms with Gasteiger partial charge in [-0.05, 0) is 48.6 Å². The van der Waals surface area contributed by atoms with Crippen molar-refractivity contribution < 1.29 is 13.5 Å². The van der Waals surface area contributed by atoms with Crippen molar-refractivity contribution in [3.63, 3.8) is 0 Å². The molecule has 1 saturated carbocycles. The van der Waals surface area contributed by atoms with E-state index in [9.17, 15) is 8.76 Å². The van der Waals surface area contributed by atoms with Crippen LogP contribution in [0.25, 0.3) is 11.0 Å². The number of fused-ring (bicyclic) bond motifs is 1. The van der Waals surface area contributed by atoms with Gasteiger partial charge in [-0.15, -0.1) is 0 Å². The van der Waals surface area contributed by atoms with Gasteiger partial charge in [0.25, 0.3) is 0 Å². The highest BCUT2D eigenvalue weighted by atomic mass is 32.2. The number of nitrogens with zero attached hydrogens (tertiary/aromatic N) is 1. The van der Waals surface area contributed by atoms with Gasteiger partial charge in [-0.3, -0.25) is 4.55 Å². The number of aromatic nitrogens is 2. The number of hydrogen-bond acceptors (Lipinski definition) is 3. The summed E-state index contributed by atoms with van der Waals surface area (Å²) in [6.45, 7) is 6.85. The Balaban J connectivity index is 2.19. The van der Waals surface area contributed by atoms with E-state index in [4.69, 9.17) is 4.74 Å². The minimum Gasteiger partial charge on any atom is -0.496 e. The molecule has 0 radical (unpaired) electrons. The van der Waals surface area contributed by atoms with Crippen LogP contribution >= 0.6 is 0 Å². The van der Waals surface area contributed by atoms with Crippen LogP contribution in [0.1, 0.15) is 51.5 Å². The largest absolute Gasteiger partial charge is 0.496 e. The summed E-state index contributed by atoms with van der Waals surface area (Å²) in [5, 5.41) is 0.101. The first-order valence-electron chi connectivity index (χ1n) is 8.59. The molecular formula is C18H26N2O3S. The van der Waals surface area contributed by atoms with Crippen molar-refractivity contribution in [2.24, 2.45) is 17.8 Å². The van der Waals surface area contributed by atoms with Crippen molar-refractivity contribution in [3.05, 3.63) is 17.7 Å². The molecular weight excluding hydrogens is 324 g/mol. The van der Waals surface area contributed by atoms with E-state index >= 15 is 0 Å². The molecule has 0 aliphatic heterocycles. The van der Waals surface area contributed by atoms with Crippen LogP contribution < -0.4 is 4.74 Å². The first kappa shape index (κ1) is 17.4. The number of nitrogens with one attached hydrogen (secondary N) is 1. The Morgan fingerprint density at radius 2 is 2.12 bits per heavy atom. The zero-order chi connectivity index (χ0) is 17.4. The lowest BCUT2D eigenvalue weighted by Crippen LogP contribution is -2.26. The highest BCUT2D eigenvalue weighted by molar-refractivity contribution is 7.79. The topological polar surface area (TPSA) is 75.2 Å². The Labute approximate surface area is 145 Å². The predicted molar refractivity (Wildman–Crippen MR) is 95.8 cm³/mol. The summed E-state index contributed by atoms with van der Waals surface area (Å²) in [5.74, 6) is 2.99. The molecule has 132 valence electrons. The molecule has 1 aliphatic carbocycles. The molecule has 0 spiro atoms. The summed E-state index contributed by atoms with van der Waals surface area (Å²) in [6, 6.07) is 3.81. The van der Waals surface area contributed by atoms with Gasteiger partial charge in [-0.2, -0.15) is 0 Å². The summed E-state index contributed by atoms with van der Waals surface area (Å²) < 4.78 is 26.5. The fraction of sp³-hybridized carbons (Fsp3) is 0.611. The van der Waals surface area contributed by atoms with Crippen LogP contribution in [0.4, 0.5) is 0 Å². The van der Waals surface area contributed by atoms with Gasteiger partial charge in [0.2, 0.25) is 16.2 Å². The van der Waals surface area contributed by atoms with Gasteiger partial charge >= 0.3 is 0 Å². The molecule has 1 aromatic heterocycles. The molecule has 2 aromatic rings. The van der Waals surface area contributed by atoms with Gasteiger partial charge < -0.3 is 9.72 Å². The van der Waals surface area contributed by atoms with E-state index in [1.807, 2.05) is 12.1 Å². The van der Waals surface area contributed by atoms with Crippen molar-refractivity contribution in [1.29, 1.82) is 0 Å². The summed E-state index contributed by atoms with van der Waals surface area (Å²) in [7, 11) is 1.68. The Bertz CT molecular complexity index is 756. The van der Waals surface area contributed by atoms with E-state index in [2.05, 4.69) is 30.7 Å². The van der Waals surface area contributed by atoms with Crippen LogP contribution in [-0.2, 0) is 11.1 Å². The van der Waals surface area contributed by atoms with Gasteiger partial charge in [0.15, 0.2) is 0 Å². The number of aromatic amines is 1. The second-order valence-corrected chi connectivity index (χ2v) is 8.19. The molecule has 4 unspecified atom stereocenters. The lowest BCUT2D eigenvalue weighted by molar-refractivity contribution is 0.195. The third kappa shape index (κ3) is 3.09. The number of hydrogen-bond donors (Lipinski definition) is 2. The van der Waals surface area contributed by atoms with Gasteiger partial charge in [-0.1, -0.05) is 27.2 Å². The van der Waals surface area contributed by atoms with Gasteiger partial charge in [-0.25, -0.2) is 9.19 Å². The van der Waals surface area contributed by atoms with E-state index in [0.29, 0.717) is 23.7 Å². The molecule has 0 bridgehead atoms. The van der Waals surface area contributed by atoms with E-state index in [1.54, 1.807) is 7.11 Å². The standard InChI is InChI=1S/C18H26N2O3S/c1-10(2)12-6-5-11(3)9-13(12)16-15(23-4)8-7-14-17(16)20-18(19-14)24(21)22/h7-8,10-13H,5-6,9H2,1-4H3,(H,19,20)(H,21,22). The average molecular weight is 350 g/mol. The Morgan fingerprint density at radius 1 is 1.38 bits per heavy atom. The lowest BCUT2D eigenvalue weighted by atomic mass is 9.67. The third-order valence-electron chi connectivity index (χ3n) is 5.41. The van der Waals surface area contributed by atoms with E-state index in [1.165, 1.54) is 12.8 Å². The fourth-order valence-corrected chi connectivity index (χ4v) is 4.58. The highest BCUT2D eigenvalue weighted by Gasteiger charge is 2.35. The molecule has 4 atom stereocenters. The maximum absolute atomic E-state index is 11.4. The number of methoxy groups -OCH3 is 1. The molecule has 2 N–H and O–H groups in total.